The van der Waals surface area contributed by atoms with E-state index in [1.54, 1.807) is 37.3 Å². The molecule has 0 unspecified atom stereocenters. The van der Waals surface area contributed by atoms with Crippen molar-refractivity contribution in [2.45, 2.75) is 33.1 Å². The van der Waals surface area contributed by atoms with E-state index in [-0.39, 0.29) is 31.0 Å². The molecule has 176 valence electrons. The van der Waals surface area contributed by atoms with E-state index in [0.29, 0.717) is 45.2 Å². The van der Waals surface area contributed by atoms with Gasteiger partial charge in [-0.2, -0.15) is 0 Å². The number of nitrogens with zero attached hydrogens (tertiary/aromatic N) is 3. The molecule has 0 aliphatic rings. The summed E-state index contributed by atoms with van der Waals surface area (Å²) in [4.78, 5) is 12.7. The van der Waals surface area contributed by atoms with Crippen molar-refractivity contribution in [1.29, 1.82) is 0 Å². The lowest BCUT2D eigenvalue weighted by Gasteiger charge is -2.23. The Balaban J connectivity index is 1.73. The van der Waals surface area contributed by atoms with Crippen molar-refractivity contribution in [3.63, 3.8) is 0 Å². The molecule has 0 aliphatic carbocycles. The minimum Gasteiger partial charge on any atom is -0.505 e. The van der Waals surface area contributed by atoms with E-state index in [2.05, 4.69) is 16.8 Å². The zero-order valence-corrected chi connectivity index (χ0v) is 20.0. The summed E-state index contributed by atoms with van der Waals surface area (Å²) in [5.41, 5.74) is 2.37. The van der Waals surface area contributed by atoms with Crippen LogP contribution >= 0.6 is 11.6 Å². The van der Waals surface area contributed by atoms with Crippen molar-refractivity contribution in [2.24, 2.45) is 0 Å². The van der Waals surface area contributed by atoms with Gasteiger partial charge in [-0.3, -0.25) is 0 Å². The number of carbonyl (C=O) groups is 1. The lowest BCUT2D eigenvalue weighted by molar-refractivity contribution is -0.140. The molecule has 33 heavy (non-hydrogen) atoms. The first-order valence-electron chi connectivity index (χ1n) is 10.5. The number of halogens is 1. The van der Waals surface area contributed by atoms with Crippen molar-refractivity contribution in [3.8, 4) is 17.2 Å². The number of benzene rings is 2. The molecule has 0 radical (unpaired) electrons. The molecule has 2 aromatic carbocycles. The molecule has 3 aromatic rings. The van der Waals surface area contributed by atoms with Crippen LogP contribution in [0, 0.1) is 0 Å². The summed E-state index contributed by atoms with van der Waals surface area (Å²) < 4.78 is 16.3. The number of hydrogen-bond donors (Lipinski definition) is 1. The highest BCUT2D eigenvalue weighted by molar-refractivity contribution is 6.31. The van der Waals surface area contributed by atoms with Crippen molar-refractivity contribution in [3.05, 3.63) is 53.1 Å². The standard InChI is InChI=1S/C24H28ClN3O5/c1-15(2)23(30)33-11-9-31-8-10-32-17-13-18(24(3,4)5)22(29)21(14-17)28-26-19-7-6-16(25)12-20(19)27-28/h6-7,12-14,29H,1,8-11H2,2-5H3. The molecule has 0 bridgehead atoms. The van der Waals surface area contributed by atoms with Crippen LogP contribution in [-0.4, -0.2) is 52.5 Å². The lowest BCUT2D eigenvalue weighted by atomic mass is 9.86. The summed E-state index contributed by atoms with van der Waals surface area (Å²) >= 11 is 6.06. The molecule has 0 fully saturated rings. The van der Waals surface area contributed by atoms with Gasteiger partial charge >= 0.3 is 5.97 Å². The number of fused-ring (bicyclic) bond motifs is 1. The van der Waals surface area contributed by atoms with Gasteiger partial charge in [-0.1, -0.05) is 39.0 Å². The summed E-state index contributed by atoms with van der Waals surface area (Å²) in [6.45, 7) is 12.1. The maximum atomic E-state index is 11.3. The molecule has 1 aromatic heterocycles. The molecule has 0 atom stereocenters. The fraction of sp³-hybridized carbons (Fsp3) is 0.375. The number of rotatable bonds is 9. The van der Waals surface area contributed by atoms with Crippen LogP contribution in [0.4, 0.5) is 0 Å². The zero-order valence-electron chi connectivity index (χ0n) is 19.2. The molecular weight excluding hydrogens is 446 g/mol. The Morgan fingerprint density at radius 2 is 1.79 bits per heavy atom. The molecule has 8 nitrogen and oxygen atoms in total. The van der Waals surface area contributed by atoms with Crippen LogP contribution in [0.3, 0.4) is 0 Å². The van der Waals surface area contributed by atoms with Crippen molar-refractivity contribution < 1.29 is 24.1 Å². The van der Waals surface area contributed by atoms with E-state index in [1.165, 1.54) is 4.80 Å². The monoisotopic (exact) mass is 473 g/mol. The van der Waals surface area contributed by atoms with Gasteiger partial charge in [-0.15, -0.1) is 15.0 Å². The highest BCUT2D eigenvalue weighted by Gasteiger charge is 2.24. The van der Waals surface area contributed by atoms with Gasteiger partial charge in [0.2, 0.25) is 0 Å². The summed E-state index contributed by atoms with van der Waals surface area (Å²) in [6, 6.07) is 8.71. The van der Waals surface area contributed by atoms with Crippen molar-refractivity contribution >= 4 is 28.6 Å². The van der Waals surface area contributed by atoms with Crippen LogP contribution < -0.4 is 4.74 Å². The minimum absolute atomic E-state index is 0.0804. The summed E-state index contributed by atoms with van der Waals surface area (Å²) in [6.07, 6.45) is 0. The zero-order chi connectivity index (χ0) is 24.2. The Bertz CT molecular complexity index is 1170. The average molecular weight is 474 g/mol. The quantitative estimate of drug-likeness (QED) is 0.276. The summed E-state index contributed by atoms with van der Waals surface area (Å²) in [7, 11) is 0. The smallest absolute Gasteiger partial charge is 0.333 e. The van der Waals surface area contributed by atoms with Gasteiger partial charge in [0.25, 0.3) is 0 Å². The van der Waals surface area contributed by atoms with Crippen LogP contribution in [-0.2, 0) is 19.7 Å². The van der Waals surface area contributed by atoms with E-state index in [4.69, 9.17) is 25.8 Å². The van der Waals surface area contributed by atoms with E-state index in [1.807, 2.05) is 20.8 Å². The Morgan fingerprint density at radius 1 is 1.09 bits per heavy atom. The predicted octanol–water partition coefficient (Wildman–Crippen LogP) is 4.59. The number of esters is 1. The topological polar surface area (TPSA) is 95.7 Å². The van der Waals surface area contributed by atoms with Gasteiger partial charge in [0, 0.05) is 22.2 Å². The Labute approximate surface area is 197 Å². The van der Waals surface area contributed by atoms with Crippen LogP contribution in [0.25, 0.3) is 16.7 Å². The molecule has 0 saturated carbocycles. The van der Waals surface area contributed by atoms with Crippen molar-refractivity contribution in [1.82, 2.24) is 15.0 Å². The number of phenolic OH excluding ortho intramolecular Hbond substituents is 1. The first kappa shape index (κ1) is 24.5. The first-order valence-corrected chi connectivity index (χ1v) is 10.9. The minimum atomic E-state index is -0.441. The highest BCUT2D eigenvalue weighted by Crippen LogP contribution is 2.38. The van der Waals surface area contributed by atoms with Gasteiger partial charge in [-0.25, -0.2) is 4.79 Å². The number of aromatic hydroxyl groups is 1. The maximum absolute atomic E-state index is 11.3. The largest absolute Gasteiger partial charge is 0.505 e. The number of aromatic nitrogens is 3. The van der Waals surface area contributed by atoms with Gasteiger partial charge in [-0.05, 0) is 36.6 Å². The second-order valence-electron chi connectivity index (χ2n) is 8.59. The third-order valence-corrected chi connectivity index (χ3v) is 4.97. The Morgan fingerprint density at radius 3 is 2.48 bits per heavy atom. The Hall–Kier alpha value is -3.10. The molecule has 1 heterocycles. The molecule has 0 spiro atoms. The molecule has 9 heteroatoms. The van der Waals surface area contributed by atoms with Gasteiger partial charge in [0.15, 0.2) is 0 Å². The molecular formula is C24H28ClN3O5. The molecule has 0 amide bonds. The average Bonchev–Trinajstić information content (AvgIpc) is 3.15. The third kappa shape index (κ3) is 6.24. The van der Waals surface area contributed by atoms with E-state index < -0.39 is 5.97 Å². The van der Waals surface area contributed by atoms with E-state index >= 15 is 0 Å². The summed E-state index contributed by atoms with van der Waals surface area (Å²) in [5, 5.41) is 20.5. The van der Waals surface area contributed by atoms with Gasteiger partial charge in [0.1, 0.15) is 41.4 Å². The molecule has 3 rings (SSSR count). The van der Waals surface area contributed by atoms with Crippen LogP contribution in [0.15, 0.2) is 42.5 Å². The molecule has 0 aliphatic heterocycles. The van der Waals surface area contributed by atoms with E-state index in [0.717, 1.165) is 0 Å². The molecule has 1 N–H and O–H groups in total. The second-order valence-corrected chi connectivity index (χ2v) is 9.02. The van der Waals surface area contributed by atoms with Gasteiger partial charge in [0.05, 0.1) is 13.2 Å². The van der Waals surface area contributed by atoms with Crippen molar-refractivity contribution in [2.75, 3.05) is 26.4 Å². The predicted molar refractivity (Wildman–Crippen MR) is 126 cm³/mol. The number of phenols is 1. The SMILES string of the molecule is C=C(C)C(=O)OCCOCCOc1cc(-n2nc3ccc(Cl)cc3n2)c(O)c(C(C)(C)C)c1. The lowest BCUT2D eigenvalue weighted by Crippen LogP contribution is -2.15. The summed E-state index contributed by atoms with van der Waals surface area (Å²) in [5.74, 6) is 0.185. The number of hydrogen-bond acceptors (Lipinski definition) is 7. The van der Waals surface area contributed by atoms with E-state index in [9.17, 15) is 9.90 Å². The van der Waals surface area contributed by atoms with Crippen LogP contribution in [0.2, 0.25) is 5.02 Å². The third-order valence-electron chi connectivity index (χ3n) is 4.73. The second kappa shape index (κ2) is 10.2. The fourth-order valence-corrected chi connectivity index (χ4v) is 3.20. The highest BCUT2D eigenvalue weighted by atomic mass is 35.5. The van der Waals surface area contributed by atoms with Gasteiger partial charge < -0.3 is 19.3 Å². The Kier molecular flexibility index (Phi) is 7.61. The first-order chi connectivity index (χ1) is 15.6. The number of ether oxygens (including phenoxy) is 3. The van der Waals surface area contributed by atoms with Crippen LogP contribution in [0.1, 0.15) is 33.3 Å². The fourth-order valence-electron chi connectivity index (χ4n) is 3.03. The van der Waals surface area contributed by atoms with Crippen LogP contribution in [0.5, 0.6) is 11.5 Å². The normalized spacial score (nSPS) is 11.5. The maximum Gasteiger partial charge on any atom is 0.333 e. The molecule has 0 saturated heterocycles. The number of carbonyl (C=O) groups excluding carboxylic acids is 1.